The second-order valence-corrected chi connectivity index (χ2v) is 6.30. The number of aliphatic hydroxyl groups excluding tert-OH is 1. The molecular formula is C14H27NO. The van der Waals surface area contributed by atoms with Gasteiger partial charge in [0.1, 0.15) is 0 Å². The van der Waals surface area contributed by atoms with Gasteiger partial charge >= 0.3 is 0 Å². The second kappa shape index (κ2) is 5.05. The third kappa shape index (κ3) is 2.78. The van der Waals surface area contributed by atoms with Crippen molar-refractivity contribution in [2.75, 3.05) is 6.54 Å². The number of nitrogens with zero attached hydrogens (tertiary/aromatic N) is 1. The summed E-state index contributed by atoms with van der Waals surface area (Å²) >= 11 is 0. The van der Waals surface area contributed by atoms with E-state index in [1.807, 2.05) is 0 Å². The molecule has 1 saturated heterocycles. The van der Waals surface area contributed by atoms with E-state index in [1.54, 1.807) is 0 Å². The van der Waals surface area contributed by atoms with E-state index in [0.29, 0.717) is 5.54 Å². The summed E-state index contributed by atoms with van der Waals surface area (Å²) in [4.78, 5) is 2.60. The summed E-state index contributed by atoms with van der Waals surface area (Å²) in [6.07, 6.45) is 10.3. The van der Waals surface area contributed by atoms with E-state index in [2.05, 4.69) is 18.7 Å². The van der Waals surface area contributed by atoms with E-state index in [-0.39, 0.29) is 6.10 Å². The van der Waals surface area contributed by atoms with E-state index >= 15 is 0 Å². The third-order valence-electron chi connectivity index (χ3n) is 4.54. The van der Waals surface area contributed by atoms with Crippen LogP contribution in [0.5, 0.6) is 0 Å². The Balaban J connectivity index is 2.03. The lowest BCUT2D eigenvalue weighted by Crippen LogP contribution is -2.56. The highest BCUT2D eigenvalue weighted by molar-refractivity contribution is 4.93. The van der Waals surface area contributed by atoms with Gasteiger partial charge < -0.3 is 5.11 Å². The van der Waals surface area contributed by atoms with Crippen LogP contribution >= 0.6 is 0 Å². The number of rotatable bonds is 1. The van der Waals surface area contributed by atoms with Gasteiger partial charge in [0.05, 0.1) is 6.10 Å². The van der Waals surface area contributed by atoms with Gasteiger partial charge in [0.2, 0.25) is 0 Å². The predicted octanol–water partition coefficient (Wildman–Crippen LogP) is 2.94. The molecule has 0 aromatic rings. The lowest BCUT2D eigenvalue weighted by Gasteiger charge is -2.48. The third-order valence-corrected chi connectivity index (χ3v) is 4.54. The van der Waals surface area contributed by atoms with Gasteiger partial charge in [-0.3, -0.25) is 4.90 Å². The van der Waals surface area contributed by atoms with Gasteiger partial charge in [0, 0.05) is 18.1 Å². The number of piperidine rings is 1. The van der Waals surface area contributed by atoms with Crippen LogP contribution in [0.2, 0.25) is 0 Å². The summed E-state index contributed by atoms with van der Waals surface area (Å²) in [7, 11) is 0. The van der Waals surface area contributed by atoms with Crippen molar-refractivity contribution in [3.63, 3.8) is 0 Å². The SMILES string of the molecule is CC1(C)CCC(O)CN1C1CCCCCC1. The zero-order valence-corrected chi connectivity index (χ0v) is 10.9. The van der Waals surface area contributed by atoms with E-state index in [9.17, 15) is 5.11 Å². The Bertz CT molecular complexity index is 219. The number of aliphatic hydroxyl groups is 1. The highest BCUT2D eigenvalue weighted by atomic mass is 16.3. The standard InChI is InChI=1S/C14H27NO/c1-14(2)10-9-13(16)11-15(14)12-7-5-3-4-6-8-12/h12-13,16H,3-11H2,1-2H3. The van der Waals surface area contributed by atoms with Crippen LogP contribution in [-0.4, -0.2) is 34.2 Å². The first-order chi connectivity index (χ1) is 7.59. The molecule has 0 bridgehead atoms. The Labute approximate surface area is 100 Å². The molecule has 94 valence electrons. The Morgan fingerprint density at radius 1 is 1.00 bits per heavy atom. The average Bonchev–Trinajstić information content (AvgIpc) is 2.50. The highest BCUT2D eigenvalue weighted by Crippen LogP contribution is 2.33. The van der Waals surface area contributed by atoms with Crippen molar-refractivity contribution in [3.8, 4) is 0 Å². The molecule has 0 amide bonds. The van der Waals surface area contributed by atoms with Crippen molar-refractivity contribution in [2.45, 2.75) is 82.9 Å². The molecule has 16 heavy (non-hydrogen) atoms. The molecule has 1 N–H and O–H groups in total. The molecule has 1 heterocycles. The normalized spacial score (nSPS) is 33.6. The molecule has 1 saturated carbocycles. The minimum absolute atomic E-state index is 0.0868. The van der Waals surface area contributed by atoms with E-state index < -0.39 is 0 Å². The van der Waals surface area contributed by atoms with Crippen LogP contribution in [0.4, 0.5) is 0 Å². The van der Waals surface area contributed by atoms with Crippen molar-refractivity contribution < 1.29 is 5.11 Å². The maximum atomic E-state index is 9.87. The minimum Gasteiger partial charge on any atom is -0.392 e. The van der Waals surface area contributed by atoms with Crippen LogP contribution < -0.4 is 0 Å². The molecule has 1 aliphatic heterocycles. The first-order valence-electron chi connectivity index (χ1n) is 7.04. The lowest BCUT2D eigenvalue weighted by atomic mass is 9.86. The Morgan fingerprint density at radius 2 is 1.62 bits per heavy atom. The van der Waals surface area contributed by atoms with Crippen LogP contribution in [0.3, 0.4) is 0 Å². The van der Waals surface area contributed by atoms with Gasteiger partial charge in [0.25, 0.3) is 0 Å². The van der Waals surface area contributed by atoms with Crippen LogP contribution in [0.1, 0.15) is 65.2 Å². The van der Waals surface area contributed by atoms with Gasteiger partial charge in [-0.15, -0.1) is 0 Å². The monoisotopic (exact) mass is 225 g/mol. The first kappa shape index (κ1) is 12.4. The van der Waals surface area contributed by atoms with Gasteiger partial charge in [-0.25, -0.2) is 0 Å². The molecule has 2 fully saturated rings. The Morgan fingerprint density at radius 3 is 2.25 bits per heavy atom. The largest absolute Gasteiger partial charge is 0.392 e. The molecule has 0 aromatic carbocycles. The number of β-amino-alcohol motifs (C(OH)–C–C–N with tert-alkyl or cyclic N) is 1. The maximum absolute atomic E-state index is 9.87. The number of hydrogen-bond acceptors (Lipinski definition) is 2. The molecular weight excluding hydrogens is 198 g/mol. The van der Waals surface area contributed by atoms with Crippen molar-refractivity contribution in [3.05, 3.63) is 0 Å². The molecule has 0 aromatic heterocycles. The van der Waals surface area contributed by atoms with E-state index in [1.165, 1.54) is 38.5 Å². The van der Waals surface area contributed by atoms with Crippen LogP contribution in [-0.2, 0) is 0 Å². The van der Waals surface area contributed by atoms with Crippen molar-refractivity contribution in [1.29, 1.82) is 0 Å². The van der Waals surface area contributed by atoms with Gasteiger partial charge in [-0.2, -0.15) is 0 Å². The fourth-order valence-corrected chi connectivity index (χ4v) is 3.44. The lowest BCUT2D eigenvalue weighted by molar-refractivity contribution is -0.0349. The summed E-state index contributed by atoms with van der Waals surface area (Å²) in [6, 6.07) is 0.729. The van der Waals surface area contributed by atoms with Gasteiger partial charge in [0.15, 0.2) is 0 Å². The maximum Gasteiger partial charge on any atom is 0.0668 e. The van der Waals surface area contributed by atoms with Crippen LogP contribution in [0.25, 0.3) is 0 Å². The minimum atomic E-state index is -0.0868. The fraction of sp³-hybridized carbons (Fsp3) is 1.00. The summed E-state index contributed by atoms with van der Waals surface area (Å²) in [6.45, 7) is 5.60. The quantitative estimate of drug-likeness (QED) is 0.694. The highest BCUT2D eigenvalue weighted by Gasteiger charge is 2.37. The molecule has 2 aliphatic rings. The first-order valence-corrected chi connectivity index (χ1v) is 7.04. The molecule has 2 rings (SSSR count). The van der Waals surface area contributed by atoms with Crippen LogP contribution in [0, 0.1) is 0 Å². The summed E-state index contributed by atoms with van der Waals surface area (Å²) < 4.78 is 0. The van der Waals surface area contributed by atoms with Crippen molar-refractivity contribution >= 4 is 0 Å². The van der Waals surface area contributed by atoms with Crippen LogP contribution in [0.15, 0.2) is 0 Å². The molecule has 0 radical (unpaired) electrons. The molecule has 0 spiro atoms. The molecule has 1 aliphatic carbocycles. The van der Waals surface area contributed by atoms with E-state index in [0.717, 1.165) is 25.4 Å². The van der Waals surface area contributed by atoms with Crippen molar-refractivity contribution in [2.24, 2.45) is 0 Å². The van der Waals surface area contributed by atoms with E-state index in [4.69, 9.17) is 0 Å². The average molecular weight is 225 g/mol. The van der Waals surface area contributed by atoms with Gasteiger partial charge in [-0.1, -0.05) is 25.7 Å². The Kier molecular flexibility index (Phi) is 3.91. The smallest absolute Gasteiger partial charge is 0.0668 e. The number of hydrogen-bond donors (Lipinski definition) is 1. The zero-order valence-electron chi connectivity index (χ0n) is 10.9. The second-order valence-electron chi connectivity index (χ2n) is 6.30. The molecule has 2 nitrogen and oxygen atoms in total. The molecule has 1 unspecified atom stereocenters. The topological polar surface area (TPSA) is 23.5 Å². The predicted molar refractivity (Wildman–Crippen MR) is 67.5 cm³/mol. The fourth-order valence-electron chi connectivity index (χ4n) is 3.44. The zero-order chi connectivity index (χ0) is 11.6. The van der Waals surface area contributed by atoms with Gasteiger partial charge in [-0.05, 0) is 39.5 Å². The molecule has 1 atom stereocenters. The number of likely N-dealkylation sites (tertiary alicyclic amines) is 1. The summed E-state index contributed by atoms with van der Waals surface area (Å²) in [5.41, 5.74) is 0.300. The summed E-state index contributed by atoms with van der Waals surface area (Å²) in [5, 5.41) is 9.87. The Hall–Kier alpha value is -0.0800. The molecule has 2 heteroatoms. The summed E-state index contributed by atoms with van der Waals surface area (Å²) in [5.74, 6) is 0. The van der Waals surface area contributed by atoms with Crippen molar-refractivity contribution in [1.82, 2.24) is 4.90 Å².